The van der Waals surface area contributed by atoms with Gasteiger partial charge in [-0.15, -0.1) is 0 Å². The molecule has 3 aromatic rings. The van der Waals surface area contributed by atoms with E-state index in [4.69, 9.17) is 9.26 Å². The first-order chi connectivity index (χ1) is 15.0. The molecule has 1 amide bonds. The van der Waals surface area contributed by atoms with Gasteiger partial charge in [0.15, 0.2) is 0 Å². The van der Waals surface area contributed by atoms with E-state index in [2.05, 4.69) is 46.2 Å². The maximum atomic E-state index is 13.0. The molecule has 4 rings (SSSR count). The number of carbonyl (C=O) groups is 1. The largest absolute Gasteiger partial charge is 0.497 e. The number of nitrogens with zero attached hydrogens (tertiary/aromatic N) is 4. The molecule has 0 bridgehead atoms. The Bertz CT molecular complexity index is 1020. The fourth-order valence-corrected chi connectivity index (χ4v) is 3.93. The Balaban J connectivity index is 1.33. The number of ether oxygens (including phenoxy) is 1. The van der Waals surface area contributed by atoms with Gasteiger partial charge in [-0.2, -0.15) is 4.98 Å². The Morgan fingerprint density at radius 3 is 2.65 bits per heavy atom. The molecule has 1 aromatic heterocycles. The number of hydrogen-bond donors (Lipinski definition) is 0. The van der Waals surface area contributed by atoms with E-state index in [0.717, 1.165) is 37.2 Å². The second kappa shape index (κ2) is 9.20. The number of carbonyl (C=O) groups excluding carboxylic acids is 1. The minimum atomic E-state index is 0.0208. The van der Waals surface area contributed by atoms with Crippen LogP contribution in [0.5, 0.6) is 5.75 Å². The van der Waals surface area contributed by atoms with Crippen LogP contribution >= 0.6 is 0 Å². The lowest BCUT2D eigenvalue weighted by Gasteiger charge is -2.34. The first-order valence-electron chi connectivity index (χ1n) is 10.6. The zero-order valence-electron chi connectivity index (χ0n) is 18.2. The zero-order chi connectivity index (χ0) is 21.8. The fraction of sp³-hybridized carbons (Fsp3) is 0.375. The van der Waals surface area contributed by atoms with Crippen LogP contribution in [0.4, 0.5) is 5.69 Å². The van der Waals surface area contributed by atoms with Crippen LogP contribution in [0.1, 0.15) is 24.3 Å². The molecule has 162 valence electrons. The lowest BCUT2D eigenvalue weighted by molar-refractivity contribution is -0.135. The number of benzene rings is 2. The minimum Gasteiger partial charge on any atom is -0.497 e. The first-order valence-corrected chi connectivity index (χ1v) is 10.6. The maximum absolute atomic E-state index is 13.0. The Hall–Kier alpha value is -3.35. The standard InChI is InChI=1S/C24H28N4O3/c1-17-7-9-20(10-8-17)28-13-11-18(12-14-28)24(29)27(2)16-22-25-23(26-31-22)19-5-4-6-21(15-19)30-3/h4-10,15,18H,11-14,16H2,1-3H3. The topological polar surface area (TPSA) is 71.7 Å². The van der Waals surface area contributed by atoms with E-state index in [1.807, 2.05) is 24.3 Å². The smallest absolute Gasteiger partial charge is 0.246 e. The Labute approximate surface area is 182 Å². The molecule has 7 heteroatoms. The summed E-state index contributed by atoms with van der Waals surface area (Å²) in [6, 6.07) is 16.1. The predicted molar refractivity (Wildman–Crippen MR) is 119 cm³/mol. The van der Waals surface area contributed by atoms with Crippen molar-refractivity contribution >= 4 is 11.6 Å². The number of anilines is 1. The third-order valence-electron chi connectivity index (χ3n) is 5.79. The van der Waals surface area contributed by atoms with Gasteiger partial charge < -0.3 is 19.1 Å². The van der Waals surface area contributed by atoms with E-state index in [9.17, 15) is 4.79 Å². The Morgan fingerprint density at radius 2 is 1.94 bits per heavy atom. The fourth-order valence-electron chi connectivity index (χ4n) is 3.93. The molecule has 1 fully saturated rings. The quantitative estimate of drug-likeness (QED) is 0.602. The van der Waals surface area contributed by atoms with Gasteiger partial charge in [-0.3, -0.25) is 4.79 Å². The normalized spacial score (nSPS) is 14.5. The van der Waals surface area contributed by atoms with E-state index in [-0.39, 0.29) is 11.8 Å². The Morgan fingerprint density at radius 1 is 1.19 bits per heavy atom. The number of rotatable bonds is 6. The van der Waals surface area contributed by atoms with Gasteiger partial charge in [0, 0.05) is 37.3 Å². The van der Waals surface area contributed by atoms with Crippen molar-refractivity contribution in [3.05, 3.63) is 60.0 Å². The molecular formula is C24H28N4O3. The number of piperidine rings is 1. The predicted octanol–water partition coefficient (Wildman–Crippen LogP) is 3.93. The summed E-state index contributed by atoms with van der Waals surface area (Å²) in [6.07, 6.45) is 1.69. The van der Waals surface area contributed by atoms with Gasteiger partial charge in [0.1, 0.15) is 5.75 Å². The monoisotopic (exact) mass is 420 g/mol. The van der Waals surface area contributed by atoms with Crippen LogP contribution in [0.15, 0.2) is 53.1 Å². The highest BCUT2D eigenvalue weighted by atomic mass is 16.5. The molecule has 0 atom stereocenters. The third-order valence-corrected chi connectivity index (χ3v) is 5.79. The van der Waals surface area contributed by atoms with Crippen LogP contribution in [-0.2, 0) is 11.3 Å². The van der Waals surface area contributed by atoms with Gasteiger partial charge in [0.05, 0.1) is 13.7 Å². The van der Waals surface area contributed by atoms with Crippen molar-refractivity contribution in [1.82, 2.24) is 15.0 Å². The van der Waals surface area contributed by atoms with Crippen molar-refractivity contribution in [2.75, 3.05) is 32.1 Å². The van der Waals surface area contributed by atoms with E-state index < -0.39 is 0 Å². The van der Waals surface area contributed by atoms with Crippen molar-refractivity contribution in [2.45, 2.75) is 26.3 Å². The first kappa shape index (κ1) is 20.9. The summed E-state index contributed by atoms with van der Waals surface area (Å²) >= 11 is 0. The van der Waals surface area contributed by atoms with Crippen molar-refractivity contribution in [3.8, 4) is 17.1 Å². The molecule has 2 heterocycles. The van der Waals surface area contributed by atoms with Gasteiger partial charge in [0.25, 0.3) is 0 Å². The van der Waals surface area contributed by atoms with Crippen LogP contribution in [-0.4, -0.2) is 48.2 Å². The summed E-state index contributed by atoms with van der Waals surface area (Å²) < 4.78 is 10.6. The lowest BCUT2D eigenvalue weighted by Crippen LogP contribution is -2.41. The molecule has 0 aliphatic carbocycles. The highest BCUT2D eigenvalue weighted by Gasteiger charge is 2.28. The molecule has 1 saturated heterocycles. The van der Waals surface area contributed by atoms with Crippen molar-refractivity contribution in [1.29, 1.82) is 0 Å². The number of aryl methyl sites for hydroxylation is 1. The number of aromatic nitrogens is 2. The van der Waals surface area contributed by atoms with E-state index >= 15 is 0 Å². The van der Waals surface area contributed by atoms with Gasteiger partial charge in [0.2, 0.25) is 17.6 Å². The molecule has 0 unspecified atom stereocenters. The van der Waals surface area contributed by atoms with Gasteiger partial charge in [-0.25, -0.2) is 0 Å². The molecule has 0 spiro atoms. The molecule has 1 aliphatic rings. The maximum Gasteiger partial charge on any atom is 0.246 e. The van der Waals surface area contributed by atoms with Crippen LogP contribution in [0.2, 0.25) is 0 Å². The number of hydrogen-bond acceptors (Lipinski definition) is 6. The van der Waals surface area contributed by atoms with Crippen molar-refractivity contribution in [2.24, 2.45) is 5.92 Å². The second-order valence-electron chi connectivity index (χ2n) is 8.03. The summed E-state index contributed by atoms with van der Waals surface area (Å²) in [5.74, 6) is 1.79. The number of methoxy groups -OCH3 is 1. The van der Waals surface area contributed by atoms with Gasteiger partial charge >= 0.3 is 0 Å². The molecule has 0 N–H and O–H groups in total. The van der Waals surface area contributed by atoms with E-state index in [0.29, 0.717) is 18.3 Å². The van der Waals surface area contributed by atoms with Crippen molar-refractivity contribution < 1.29 is 14.1 Å². The molecule has 31 heavy (non-hydrogen) atoms. The second-order valence-corrected chi connectivity index (χ2v) is 8.03. The summed E-state index contributed by atoms with van der Waals surface area (Å²) in [4.78, 5) is 21.4. The molecule has 0 saturated carbocycles. The van der Waals surface area contributed by atoms with Crippen LogP contribution in [0, 0.1) is 12.8 Å². The highest BCUT2D eigenvalue weighted by Crippen LogP contribution is 2.26. The van der Waals surface area contributed by atoms with Crippen molar-refractivity contribution in [3.63, 3.8) is 0 Å². The minimum absolute atomic E-state index is 0.0208. The molecule has 2 aromatic carbocycles. The molecular weight excluding hydrogens is 392 g/mol. The summed E-state index contributed by atoms with van der Waals surface area (Å²) in [6.45, 7) is 4.16. The van der Waals surface area contributed by atoms with E-state index in [1.165, 1.54) is 11.3 Å². The highest BCUT2D eigenvalue weighted by molar-refractivity contribution is 5.79. The summed E-state index contributed by atoms with van der Waals surface area (Å²) in [5, 5.41) is 4.05. The average Bonchev–Trinajstić information content (AvgIpc) is 3.28. The number of amides is 1. The van der Waals surface area contributed by atoms with Crippen LogP contribution in [0.3, 0.4) is 0 Å². The average molecular weight is 421 g/mol. The zero-order valence-corrected chi connectivity index (χ0v) is 18.2. The molecule has 1 aliphatic heterocycles. The van der Waals surface area contributed by atoms with Gasteiger partial charge in [-0.1, -0.05) is 35.0 Å². The van der Waals surface area contributed by atoms with Gasteiger partial charge in [-0.05, 0) is 44.0 Å². The molecule has 0 radical (unpaired) electrons. The summed E-state index contributed by atoms with van der Waals surface area (Å²) in [7, 11) is 3.41. The SMILES string of the molecule is COc1cccc(-c2noc(CN(C)C(=O)C3CCN(c4ccc(C)cc4)CC3)n2)c1. The van der Waals surface area contributed by atoms with Crippen LogP contribution < -0.4 is 9.64 Å². The molecule has 7 nitrogen and oxygen atoms in total. The lowest BCUT2D eigenvalue weighted by atomic mass is 9.95. The Kier molecular flexibility index (Phi) is 6.21. The van der Waals surface area contributed by atoms with E-state index in [1.54, 1.807) is 19.1 Å². The van der Waals surface area contributed by atoms with Crippen LogP contribution in [0.25, 0.3) is 11.4 Å². The third kappa shape index (κ3) is 4.87. The summed E-state index contributed by atoms with van der Waals surface area (Å²) in [5.41, 5.74) is 3.29.